The van der Waals surface area contributed by atoms with E-state index in [0.29, 0.717) is 40.5 Å². The van der Waals surface area contributed by atoms with Gasteiger partial charge in [-0.25, -0.2) is 0 Å². The van der Waals surface area contributed by atoms with E-state index < -0.39 is 6.04 Å². The second-order valence-corrected chi connectivity index (χ2v) is 8.02. The van der Waals surface area contributed by atoms with Crippen molar-refractivity contribution in [3.05, 3.63) is 74.6 Å². The highest BCUT2D eigenvalue weighted by Gasteiger charge is 2.44. The van der Waals surface area contributed by atoms with Crippen LogP contribution < -0.4 is 10.2 Å². The number of carbonyl (C=O) groups is 1. The summed E-state index contributed by atoms with van der Waals surface area (Å²) in [6.07, 6.45) is 1.78. The lowest BCUT2D eigenvalue weighted by molar-refractivity contribution is 0.0486. The lowest BCUT2D eigenvalue weighted by atomic mass is 9.98. The average molecular weight is 426 g/mol. The highest BCUT2D eigenvalue weighted by Crippen LogP contribution is 2.39. The van der Waals surface area contributed by atoms with Crippen molar-refractivity contribution in [2.45, 2.75) is 25.0 Å². The van der Waals surface area contributed by atoms with Gasteiger partial charge in [-0.2, -0.15) is 0 Å². The molecule has 30 heavy (non-hydrogen) atoms. The number of ether oxygens (including phenoxy) is 2. The number of methoxy groups -OCH3 is 1. The van der Waals surface area contributed by atoms with Gasteiger partial charge in [-0.05, 0) is 48.7 Å². The summed E-state index contributed by atoms with van der Waals surface area (Å²) in [5.74, 6) is 0.432. The van der Waals surface area contributed by atoms with Crippen LogP contribution in [0.5, 0.6) is 5.75 Å². The third-order valence-electron chi connectivity index (χ3n) is 5.76. The van der Waals surface area contributed by atoms with Crippen molar-refractivity contribution >= 4 is 28.5 Å². The molecule has 3 heterocycles. The molecule has 0 spiro atoms. The second-order valence-electron chi connectivity index (χ2n) is 7.59. The van der Waals surface area contributed by atoms with Crippen molar-refractivity contribution in [3.63, 3.8) is 0 Å². The molecule has 1 amide bonds. The van der Waals surface area contributed by atoms with Gasteiger partial charge >= 0.3 is 0 Å². The molecule has 1 saturated heterocycles. The molecule has 0 radical (unpaired) electrons. The first-order chi connectivity index (χ1) is 14.6. The predicted molar refractivity (Wildman–Crippen MR) is 112 cm³/mol. The number of carbonyl (C=O) groups excluding carboxylic acids is 1. The Labute approximate surface area is 177 Å². The third kappa shape index (κ3) is 3.07. The first kappa shape index (κ1) is 19.2. The monoisotopic (exact) mass is 425 g/mol. The van der Waals surface area contributed by atoms with E-state index in [1.807, 2.05) is 24.3 Å². The van der Waals surface area contributed by atoms with Crippen LogP contribution in [0.15, 0.2) is 51.7 Å². The largest absolute Gasteiger partial charge is 0.497 e. The Balaban J connectivity index is 1.71. The van der Waals surface area contributed by atoms with E-state index in [1.54, 1.807) is 30.2 Å². The Kier molecular flexibility index (Phi) is 4.76. The van der Waals surface area contributed by atoms with Gasteiger partial charge in [0.1, 0.15) is 11.3 Å². The molecule has 3 aromatic rings. The molecule has 1 aromatic heterocycles. The van der Waals surface area contributed by atoms with Crippen molar-refractivity contribution in [1.82, 2.24) is 4.90 Å². The number of amides is 1. The number of nitrogens with zero attached hydrogens (tertiary/aromatic N) is 1. The number of fused-ring (bicyclic) bond motifs is 2. The zero-order valence-electron chi connectivity index (χ0n) is 16.4. The summed E-state index contributed by atoms with van der Waals surface area (Å²) in [6.45, 7) is 1.07. The standard InChI is InChI=1S/C23H20ClNO5/c1-28-15-5-2-4-13(10-15)20-19-21(26)17-11-14(24)7-8-18(17)30-22(19)23(27)25(20)12-16-6-3-9-29-16/h2,4-5,7-8,10-11,16,20H,3,6,9,12H2,1H3/t16-,20-/m1/s1. The van der Waals surface area contributed by atoms with Crippen molar-refractivity contribution in [1.29, 1.82) is 0 Å². The Morgan fingerprint density at radius 3 is 2.83 bits per heavy atom. The molecule has 6 nitrogen and oxygen atoms in total. The van der Waals surface area contributed by atoms with Gasteiger partial charge in [0, 0.05) is 18.2 Å². The van der Waals surface area contributed by atoms with Crippen molar-refractivity contribution in [2.75, 3.05) is 20.3 Å². The topological polar surface area (TPSA) is 69.0 Å². The summed E-state index contributed by atoms with van der Waals surface area (Å²) in [7, 11) is 1.58. The highest BCUT2D eigenvalue weighted by atomic mass is 35.5. The van der Waals surface area contributed by atoms with E-state index in [2.05, 4.69) is 0 Å². The van der Waals surface area contributed by atoms with E-state index in [1.165, 1.54) is 0 Å². The molecular weight excluding hydrogens is 406 g/mol. The summed E-state index contributed by atoms with van der Waals surface area (Å²) in [6, 6.07) is 11.7. The van der Waals surface area contributed by atoms with Gasteiger partial charge < -0.3 is 18.8 Å². The van der Waals surface area contributed by atoms with Crippen LogP contribution in [0.1, 0.15) is 40.6 Å². The Morgan fingerprint density at radius 1 is 1.20 bits per heavy atom. The molecular formula is C23H20ClNO5. The predicted octanol–water partition coefficient (Wildman–Crippen LogP) is 4.18. The Morgan fingerprint density at radius 2 is 2.07 bits per heavy atom. The molecule has 0 bridgehead atoms. The number of halogens is 1. The normalized spacial score (nSPS) is 20.7. The molecule has 154 valence electrons. The minimum Gasteiger partial charge on any atom is -0.497 e. The van der Waals surface area contributed by atoms with Crippen LogP contribution >= 0.6 is 11.6 Å². The van der Waals surface area contributed by atoms with E-state index in [0.717, 1.165) is 18.4 Å². The van der Waals surface area contributed by atoms with Gasteiger partial charge in [-0.1, -0.05) is 23.7 Å². The van der Waals surface area contributed by atoms with Crippen LogP contribution in [0.25, 0.3) is 11.0 Å². The molecule has 0 N–H and O–H groups in total. The van der Waals surface area contributed by atoms with Crippen LogP contribution in [0, 0.1) is 0 Å². The number of rotatable bonds is 4. The van der Waals surface area contributed by atoms with Gasteiger partial charge in [-0.15, -0.1) is 0 Å². The fourth-order valence-corrected chi connectivity index (χ4v) is 4.52. The lowest BCUT2D eigenvalue weighted by Crippen LogP contribution is -2.36. The van der Waals surface area contributed by atoms with Gasteiger partial charge in [0.05, 0.1) is 30.2 Å². The van der Waals surface area contributed by atoms with Crippen molar-refractivity contribution in [3.8, 4) is 5.75 Å². The van der Waals surface area contributed by atoms with Crippen LogP contribution in [0.2, 0.25) is 5.02 Å². The number of benzene rings is 2. The van der Waals surface area contributed by atoms with Crippen LogP contribution in [0.4, 0.5) is 0 Å². The molecule has 2 aliphatic heterocycles. The average Bonchev–Trinajstić information content (AvgIpc) is 3.36. The van der Waals surface area contributed by atoms with E-state index in [-0.39, 0.29) is 23.2 Å². The summed E-state index contributed by atoms with van der Waals surface area (Å²) in [5.41, 5.74) is 1.22. The zero-order valence-corrected chi connectivity index (χ0v) is 17.1. The second kappa shape index (κ2) is 7.45. The fourth-order valence-electron chi connectivity index (χ4n) is 4.35. The first-order valence-corrected chi connectivity index (χ1v) is 10.3. The molecule has 0 saturated carbocycles. The summed E-state index contributed by atoms with van der Waals surface area (Å²) >= 11 is 6.11. The van der Waals surface area contributed by atoms with Crippen LogP contribution in [0.3, 0.4) is 0 Å². The smallest absolute Gasteiger partial charge is 0.291 e. The molecule has 2 aliphatic rings. The van der Waals surface area contributed by atoms with Gasteiger partial charge in [0.2, 0.25) is 5.76 Å². The maximum atomic E-state index is 13.5. The van der Waals surface area contributed by atoms with Gasteiger partial charge in [-0.3, -0.25) is 9.59 Å². The molecule has 7 heteroatoms. The minimum absolute atomic E-state index is 0.0599. The highest BCUT2D eigenvalue weighted by molar-refractivity contribution is 6.31. The van der Waals surface area contributed by atoms with Crippen molar-refractivity contribution in [2.24, 2.45) is 0 Å². The maximum Gasteiger partial charge on any atom is 0.291 e. The molecule has 2 aromatic carbocycles. The molecule has 5 rings (SSSR count). The van der Waals surface area contributed by atoms with E-state index in [9.17, 15) is 9.59 Å². The molecule has 0 aliphatic carbocycles. The lowest BCUT2D eigenvalue weighted by Gasteiger charge is -2.27. The Bertz CT molecular complexity index is 1200. The third-order valence-corrected chi connectivity index (χ3v) is 6.00. The van der Waals surface area contributed by atoms with E-state index >= 15 is 0 Å². The Hall–Kier alpha value is -2.83. The SMILES string of the molecule is COc1cccc([C@@H]2c3c(oc4ccc(Cl)cc4c3=O)C(=O)N2C[C@H]2CCCO2)c1. The number of hydrogen-bond acceptors (Lipinski definition) is 5. The molecule has 2 atom stereocenters. The van der Waals surface area contributed by atoms with Gasteiger partial charge in [0.25, 0.3) is 5.91 Å². The summed E-state index contributed by atoms with van der Waals surface area (Å²) in [5, 5.41) is 0.800. The van der Waals surface area contributed by atoms with E-state index in [4.69, 9.17) is 25.5 Å². The minimum atomic E-state index is -0.577. The first-order valence-electron chi connectivity index (χ1n) is 9.89. The van der Waals surface area contributed by atoms with Crippen molar-refractivity contribution < 1.29 is 18.7 Å². The van der Waals surface area contributed by atoms with Crippen LogP contribution in [-0.4, -0.2) is 37.2 Å². The molecule has 0 unspecified atom stereocenters. The van der Waals surface area contributed by atoms with Crippen LogP contribution in [-0.2, 0) is 4.74 Å². The maximum absolute atomic E-state index is 13.5. The van der Waals surface area contributed by atoms with Gasteiger partial charge in [0.15, 0.2) is 5.43 Å². The summed E-state index contributed by atoms with van der Waals surface area (Å²) < 4.78 is 17.1. The zero-order chi connectivity index (χ0) is 20.8. The summed E-state index contributed by atoms with van der Waals surface area (Å²) in [4.78, 5) is 28.5. The quantitative estimate of drug-likeness (QED) is 0.627. The fraction of sp³-hybridized carbons (Fsp3) is 0.304. The number of hydrogen-bond donors (Lipinski definition) is 0. The molecule has 1 fully saturated rings.